The number of nitrogens with zero attached hydrogens (tertiary/aromatic N) is 5. The van der Waals surface area contributed by atoms with Crippen LogP contribution in [0, 0.1) is 5.82 Å². The van der Waals surface area contributed by atoms with Crippen molar-refractivity contribution in [1.29, 1.82) is 0 Å². The van der Waals surface area contributed by atoms with Crippen molar-refractivity contribution in [2.75, 3.05) is 70.9 Å². The van der Waals surface area contributed by atoms with Crippen LogP contribution in [0.3, 0.4) is 0 Å². The molecule has 5 aromatic rings. The Balaban J connectivity index is 1.16. The highest BCUT2D eigenvalue weighted by atomic mass is 19.1. The van der Waals surface area contributed by atoms with Crippen molar-refractivity contribution in [2.24, 2.45) is 7.05 Å². The van der Waals surface area contributed by atoms with E-state index in [-0.39, 0.29) is 16.9 Å². The van der Waals surface area contributed by atoms with Crippen LogP contribution < -0.4 is 30.0 Å². The summed E-state index contributed by atoms with van der Waals surface area (Å²) in [6.07, 6.45) is 3.89. The normalized spacial score (nSPS) is 13.4. The van der Waals surface area contributed by atoms with Crippen LogP contribution in [0.25, 0.3) is 22.0 Å². The molecule has 0 aliphatic carbocycles. The van der Waals surface area contributed by atoms with Gasteiger partial charge in [-0.25, -0.2) is 9.37 Å². The summed E-state index contributed by atoms with van der Waals surface area (Å²) in [6, 6.07) is 17.5. The molecule has 11 nitrogen and oxygen atoms in total. The predicted octanol–water partition coefficient (Wildman–Crippen LogP) is 5.85. The van der Waals surface area contributed by atoms with Gasteiger partial charge in [-0.3, -0.25) is 19.2 Å². The van der Waals surface area contributed by atoms with Gasteiger partial charge in [-0.2, -0.15) is 0 Å². The van der Waals surface area contributed by atoms with E-state index in [1.807, 2.05) is 55.4 Å². The fourth-order valence-corrected chi connectivity index (χ4v) is 5.54. The molecule has 6 rings (SSSR count). The molecule has 3 aromatic carbocycles. The van der Waals surface area contributed by atoms with Crippen LogP contribution in [0.1, 0.15) is 6.42 Å². The Bertz CT molecular complexity index is 1940. The maximum absolute atomic E-state index is 15.5. The van der Waals surface area contributed by atoms with E-state index >= 15 is 4.39 Å². The van der Waals surface area contributed by atoms with Crippen molar-refractivity contribution in [3.05, 3.63) is 89.2 Å². The second-order valence-electron chi connectivity index (χ2n) is 11.6. The lowest BCUT2D eigenvalue weighted by molar-refractivity contribution is 0.0357. The fourth-order valence-electron chi connectivity index (χ4n) is 5.54. The molecular formula is C36H39FN6O5. The molecule has 250 valence electrons. The second-order valence-corrected chi connectivity index (χ2v) is 11.6. The molecule has 48 heavy (non-hydrogen) atoms. The number of rotatable bonds is 12. The summed E-state index contributed by atoms with van der Waals surface area (Å²) >= 11 is 0. The number of methoxy groups -OCH3 is 1. The first-order valence-corrected chi connectivity index (χ1v) is 15.8. The van der Waals surface area contributed by atoms with E-state index in [0.29, 0.717) is 46.3 Å². The molecule has 12 heteroatoms. The molecular weight excluding hydrogens is 615 g/mol. The number of fused-ring (bicyclic) bond motifs is 1. The lowest BCUT2D eigenvalue weighted by atomic mass is 10.1. The van der Waals surface area contributed by atoms with Gasteiger partial charge in [0, 0.05) is 69.9 Å². The van der Waals surface area contributed by atoms with Gasteiger partial charge >= 0.3 is 0 Å². The molecule has 0 amide bonds. The first-order valence-electron chi connectivity index (χ1n) is 15.8. The minimum atomic E-state index is -0.630. The molecule has 0 spiro atoms. The molecule has 0 saturated carbocycles. The van der Waals surface area contributed by atoms with Gasteiger partial charge in [0.1, 0.15) is 11.3 Å². The third kappa shape index (κ3) is 7.19. The summed E-state index contributed by atoms with van der Waals surface area (Å²) in [4.78, 5) is 26.6. The SMILES string of the molecule is COc1c(OCCCN2CCOCC2)ccc2c(Oc3ccc(-c4cnc(Nc5ccc(N(C)C)cc5)n(C)c4=O)cc3F)ccnc12. The van der Waals surface area contributed by atoms with Crippen molar-refractivity contribution < 1.29 is 23.3 Å². The molecule has 0 atom stereocenters. The smallest absolute Gasteiger partial charge is 0.262 e. The molecule has 1 saturated heterocycles. The number of morpholine rings is 1. The Hall–Kier alpha value is -5.20. The lowest BCUT2D eigenvalue weighted by Crippen LogP contribution is -2.37. The molecule has 3 heterocycles. The minimum Gasteiger partial charge on any atom is -0.491 e. The van der Waals surface area contributed by atoms with Crippen molar-refractivity contribution in [1.82, 2.24) is 19.4 Å². The number of nitrogens with one attached hydrogen (secondary N) is 1. The van der Waals surface area contributed by atoms with Gasteiger partial charge in [0.25, 0.3) is 5.56 Å². The number of hydrogen-bond donors (Lipinski definition) is 1. The largest absolute Gasteiger partial charge is 0.491 e. The summed E-state index contributed by atoms with van der Waals surface area (Å²) in [7, 11) is 7.11. The van der Waals surface area contributed by atoms with Gasteiger partial charge in [-0.05, 0) is 66.6 Å². The van der Waals surface area contributed by atoms with E-state index in [2.05, 4.69) is 20.2 Å². The molecule has 0 bridgehead atoms. The molecule has 1 aliphatic heterocycles. The molecule has 1 N–H and O–H groups in total. The van der Waals surface area contributed by atoms with Crippen LogP contribution in [-0.2, 0) is 11.8 Å². The maximum atomic E-state index is 15.5. The molecule has 0 unspecified atom stereocenters. The summed E-state index contributed by atoms with van der Waals surface area (Å²) < 4.78 is 40.1. The van der Waals surface area contributed by atoms with E-state index in [9.17, 15) is 4.79 Å². The lowest BCUT2D eigenvalue weighted by Gasteiger charge is -2.26. The zero-order chi connectivity index (χ0) is 33.6. The Morgan fingerprint density at radius 1 is 0.979 bits per heavy atom. The number of anilines is 3. The van der Waals surface area contributed by atoms with Gasteiger partial charge in [-0.1, -0.05) is 6.07 Å². The Labute approximate surface area is 278 Å². The highest BCUT2D eigenvalue weighted by Gasteiger charge is 2.18. The highest BCUT2D eigenvalue weighted by molar-refractivity contribution is 5.92. The maximum Gasteiger partial charge on any atom is 0.262 e. The van der Waals surface area contributed by atoms with Crippen molar-refractivity contribution >= 4 is 28.2 Å². The summed E-state index contributed by atoms with van der Waals surface area (Å²) in [6.45, 7) is 4.85. The number of hydrogen-bond acceptors (Lipinski definition) is 10. The van der Waals surface area contributed by atoms with Crippen LogP contribution in [0.5, 0.6) is 23.0 Å². The van der Waals surface area contributed by atoms with Gasteiger partial charge in [0.2, 0.25) is 5.95 Å². The predicted molar refractivity (Wildman–Crippen MR) is 185 cm³/mol. The fraction of sp³-hybridized carbons (Fsp3) is 0.306. The average Bonchev–Trinajstić information content (AvgIpc) is 3.10. The van der Waals surface area contributed by atoms with Crippen molar-refractivity contribution in [3.63, 3.8) is 0 Å². The van der Waals surface area contributed by atoms with E-state index in [0.717, 1.165) is 50.6 Å². The summed E-state index contributed by atoms with van der Waals surface area (Å²) in [5, 5.41) is 3.80. The monoisotopic (exact) mass is 654 g/mol. The topological polar surface area (TPSA) is 103 Å². The van der Waals surface area contributed by atoms with Crippen LogP contribution in [0.2, 0.25) is 0 Å². The van der Waals surface area contributed by atoms with E-state index < -0.39 is 5.82 Å². The zero-order valence-corrected chi connectivity index (χ0v) is 27.5. The first-order chi connectivity index (χ1) is 23.3. The van der Waals surface area contributed by atoms with Gasteiger partial charge in [-0.15, -0.1) is 0 Å². The van der Waals surface area contributed by atoms with Crippen molar-refractivity contribution in [3.8, 4) is 34.1 Å². The standard InChI is InChI=1S/C36H39FN6O5/c1-41(2)26-9-7-25(8-10-26)40-36-39-23-28(35(44)42(36)3)24-6-12-31(29(37)22-24)48-30-14-15-38-33-27(30)11-13-32(34(33)45-4)47-19-5-16-43-17-20-46-21-18-43/h6-15,22-23H,5,16-21H2,1-4H3,(H,39,40). The number of aromatic nitrogens is 3. The third-order valence-corrected chi connectivity index (χ3v) is 8.25. The minimum absolute atomic E-state index is 0.00195. The quantitative estimate of drug-likeness (QED) is 0.165. The Morgan fingerprint density at radius 3 is 2.48 bits per heavy atom. The van der Waals surface area contributed by atoms with Gasteiger partial charge in [0.15, 0.2) is 23.1 Å². The molecule has 1 aliphatic rings. The van der Waals surface area contributed by atoms with Crippen LogP contribution in [0.15, 0.2) is 77.9 Å². The van der Waals surface area contributed by atoms with E-state index in [1.54, 1.807) is 32.5 Å². The van der Waals surface area contributed by atoms with Crippen molar-refractivity contribution in [2.45, 2.75) is 6.42 Å². The van der Waals surface area contributed by atoms with E-state index in [1.165, 1.54) is 22.9 Å². The number of pyridine rings is 1. The molecule has 1 fully saturated rings. The molecule has 0 radical (unpaired) electrons. The van der Waals surface area contributed by atoms with Gasteiger partial charge in [0.05, 0.1) is 32.5 Å². The Kier molecular flexibility index (Phi) is 10.0. The second kappa shape index (κ2) is 14.7. The summed E-state index contributed by atoms with van der Waals surface area (Å²) in [5.74, 6) is 1.18. The zero-order valence-electron chi connectivity index (χ0n) is 27.5. The molecule has 2 aromatic heterocycles. The number of ether oxygens (including phenoxy) is 4. The van der Waals surface area contributed by atoms with Gasteiger partial charge < -0.3 is 29.2 Å². The summed E-state index contributed by atoms with van der Waals surface area (Å²) in [5.41, 5.74) is 2.69. The van der Waals surface area contributed by atoms with Crippen LogP contribution in [0.4, 0.5) is 21.7 Å². The first kappa shape index (κ1) is 32.7. The average molecular weight is 655 g/mol. The highest BCUT2D eigenvalue weighted by Crippen LogP contribution is 2.39. The third-order valence-electron chi connectivity index (χ3n) is 8.25. The number of halogens is 1. The Morgan fingerprint density at radius 2 is 1.75 bits per heavy atom. The number of benzene rings is 3. The van der Waals surface area contributed by atoms with Crippen LogP contribution in [-0.4, -0.2) is 80.1 Å². The van der Waals surface area contributed by atoms with Crippen LogP contribution >= 0.6 is 0 Å². The van der Waals surface area contributed by atoms with E-state index in [4.69, 9.17) is 18.9 Å².